The highest BCUT2D eigenvalue weighted by atomic mass is 79.9. The van der Waals surface area contributed by atoms with E-state index in [4.69, 9.17) is 14.2 Å². The summed E-state index contributed by atoms with van der Waals surface area (Å²) in [6, 6.07) is 20.8. The average Bonchev–Trinajstić information content (AvgIpc) is 3.27. The Morgan fingerprint density at radius 2 is 1.76 bits per heavy atom. The molecule has 0 radical (unpaired) electrons. The fraction of sp³-hybridized carbons (Fsp3) is 0.242. The predicted octanol–water partition coefficient (Wildman–Crippen LogP) is 5.85. The van der Waals surface area contributed by atoms with Crippen LogP contribution in [0.15, 0.2) is 92.3 Å². The second-order valence-electron chi connectivity index (χ2n) is 9.75. The topological polar surface area (TPSA) is 79.1 Å². The number of ether oxygens (including phenoxy) is 3. The number of benzene rings is 3. The van der Waals surface area contributed by atoms with Crippen molar-refractivity contribution < 1.29 is 19.0 Å². The van der Waals surface area contributed by atoms with Crippen LogP contribution in [0.4, 0.5) is 0 Å². The number of thiazole rings is 1. The van der Waals surface area contributed by atoms with Crippen LogP contribution in [0.25, 0.3) is 6.08 Å². The molecule has 0 saturated heterocycles. The maximum atomic E-state index is 14.0. The molecule has 1 aromatic heterocycles. The number of fused-ring (bicyclic) bond motifs is 1. The third-order valence-corrected chi connectivity index (χ3v) is 8.34. The van der Waals surface area contributed by atoms with Crippen LogP contribution in [-0.4, -0.2) is 23.8 Å². The zero-order valence-electron chi connectivity index (χ0n) is 23.8. The molecule has 1 aliphatic rings. The van der Waals surface area contributed by atoms with Gasteiger partial charge in [0.1, 0.15) is 6.61 Å². The van der Waals surface area contributed by atoms with Gasteiger partial charge in [0.2, 0.25) is 0 Å². The minimum atomic E-state index is -0.650. The van der Waals surface area contributed by atoms with Gasteiger partial charge in [-0.25, -0.2) is 9.79 Å². The number of hydrogen-bond donors (Lipinski definition) is 0. The van der Waals surface area contributed by atoms with Crippen LogP contribution in [0.5, 0.6) is 11.5 Å². The SMILES string of the molecule is CCOC(=O)C1=C(C)N=c2s/c(=C\c3cc(Br)c(OCc4ccccc4)c(OCC)c3)c(=O)n2C1c1ccc(C)cc1. The number of carbonyl (C=O) groups is 1. The first kappa shape index (κ1) is 29.5. The van der Waals surface area contributed by atoms with E-state index in [-0.39, 0.29) is 12.2 Å². The molecule has 0 fully saturated rings. The average molecular weight is 648 g/mol. The molecule has 0 bridgehead atoms. The van der Waals surface area contributed by atoms with Crippen molar-refractivity contribution in [3.8, 4) is 11.5 Å². The summed E-state index contributed by atoms with van der Waals surface area (Å²) < 4.78 is 20.2. The molecule has 0 saturated carbocycles. The fourth-order valence-electron chi connectivity index (χ4n) is 4.81. The molecule has 9 heteroatoms. The Bertz CT molecular complexity index is 1830. The van der Waals surface area contributed by atoms with E-state index in [0.29, 0.717) is 49.8 Å². The Hall–Kier alpha value is -3.95. The molecule has 5 rings (SSSR count). The van der Waals surface area contributed by atoms with Crippen LogP contribution in [-0.2, 0) is 16.1 Å². The number of aromatic nitrogens is 1. The minimum absolute atomic E-state index is 0.225. The van der Waals surface area contributed by atoms with Crippen molar-refractivity contribution in [3.05, 3.63) is 124 Å². The van der Waals surface area contributed by atoms with Crippen LogP contribution < -0.4 is 24.4 Å². The monoisotopic (exact) mass is 646 g/mol. The number of rotatable bonds is 9. The Balaban J connectivity index is 1.59. The van der Waals surface area contributed by atoms with E-state index in [0.717, 1.165) is 22.3 Å². The smallest absolute Gasteiger partial charge is 0.338 e. The molecular weight excluding hydrogens is 616 g/mol. The molecule has 0 N–H and O–H groups in total. The molecular formula is C33H31BrN2O5S. The number of carbonyl (C=O) groups excluding carboxylic acids is 1. The molecule has 0 aliphatic carbocycles. The van der Waals surface area contributed by atoms with Gasteiger partial charge in [0.25, 0.3) is 5.56 Å². The van der Waals surface area contributed by atoms with Crippen LogP contribution in [0.1, 0.15) is 49.1 Å². The largest absolute Gasteiger partial charge is 0.490 e. The first-order valence-electron chi connectivity index (χ1n) is 13.7. The van der Waals surface area contributed by atoms with Crippen molar-refractivity contribution in [3.63, 3.8) is 0 Å². The van der Waals surface area contributed by atoms with Gasteiger partial charge in [-0.2, -0.15) is 0 Å². The number of allylic oxidation sites excluding steroid dienone is 1. The summed E-state index contributed by atoms with van der Waals surface area (Å²) in [5.41, 5.74) is 4.35. The molecule has 3 aromatic carbocycles. The van der Waals surface area contributed by atoms with Crippen LogP contribution in [0.2, 0.25) is 0 Å². The molecule has 7 nitrogen and oxygen atoms in total. The van der Waals surface area contributed by atoms with Crippen molar-refractivity contribution in [1.82, 2.24) is 4.57 Å². The normalized spacial score (nSPS) is 14.8. The standard InChI is InChI=1S/C33H31BrN2O5S/c1-5-39-26-17-23(16-25(34)30(26)41-19-22-10-8-7-9-11-22)18-27-31(37)36-29(24-14-12-20(3)13-15-24)28(32(38)40-6-2)21(4)35-33(36)42-27/h7-18,29H,5-6,19H2,1-4H3/b27-18-. The van der Waals surface area contributed by atoms with Gasteiger partial charge in [-0.15, -0.1) is 0 Å². The van der Waals surface area contributed by atoms with E-state index in [1.54, 1.807) is 18.4 Å². The van der Waals surface area contributed by atoms with Gasteiger partial charge in [0.15, 0.2) is 16.3 Å². The molecule has 1 atom stereocenters. The van der Waals surface area contributed by atoms with Crippen LogP contribution in [0.3, 0.4) is 0 Å². The Morgan fingerprint density at radius 3 is 2.45 bits per heavy atom. The molecule has 0 spiro atoms. The lowest BCUT2D eigenvalue weighted by Crippen LogP contribution is -2.39. The molecule has 4 aromatic rings. The second-order valence-corrected chi connectivity index (χ2v) is 11.6. The molecule has 216 valence electrons. The van der Waals surface area contributed by atoms with Gasteiger partial charge in [-0.3, -0.25) is 9.36 Å². The maximum Gasteiger partial charge on any atom is 0.338 e. The summed E-state index contributed by atoms with van der Waals surface area (Å²) in [5.74, 6) is 0.683. The lowest BCUT2D eigenvalue weighted by atomic mass is 9.95. The first-order chi connectivity index (χ1) is 20.3. The van der Waals surface area contributed by atoms with E-state index in [9.17, 15) is 9.59 Å². The number of nitrogens with zero attached hydrogens (tertiary/aromatic N) is 2. The fourth-order valence-corrected chi connectivity index (χ4v) is 6.43. The summed E-state index contributed by atoms with van der Waals surface area (Å²) >= 11 is 4.92. The zero-order chi connectivity index (χ0) is 29.8. The van der Waals surface area contributed by atoms with Gasteiger partial charge in [-0.05, 0) is 78.5 Å². The summed E-state index contributed by atoms with van der Waals surface area (Å²) in [6.45, 7) is 8.51. The number of halogens is 1. The number of hydrogen-bond acceptors (Lipinski definition) is 7. The highest BCUT2D eigenvalue weighted by Gasteiger charge is 2.33. The van der Waals surface area contributed by atoms with Gasteiger partial charge >= 0.3 is 5.97 Å². The van der Waals surface area contributed by atoms with Crippen molar-refractivity contribution in [2.75, 3.05) is 13.2 Å². The first-order valence-corrected chi connectivity index (χ1v) is 15.3. The zero-order valence-corrected chi connectivity index (χ0v) is 26.3. The van der Waals surface area contributed by atoms with Gasteiger partial charge in [-0.1, -0.05) is 71.5 Å². The molecule has 2 heterocycles. The van der Waals surface area contributed by atoms with Crippen molar-refractivity contribution in [2.24, 2.45) is 4.99 Å². The van der Waals surface area contributed by atoms with E-state index in [1.807, 2.05) is 86.7 Å². The van der Waals surface area contributed by atoms with Crippen LogP contribution in [0, 0.1) is 6.92 Å². The molecule has 1 unspecified atom stereocenters. The van der Waals surface area contributed by atoms with Crippen molar-refractivity contribution >= 4 is 39.3 Å². The maximum absolute atomic E-state index is 14.0. The Labute approximate surface area is 256 Å². The summed E-state index contributed by atoms with van der Waals surface area (Å²) in [5, 5.41) is 0. The third kappa shape index (κ3) is 6.12. The molecule has 42 heavy (non-hydrogen) atoms. The predicted molar refractivity (Wildman–Crippen MR) is 168 cm³/mol. The van der Waals surface area contributed by atoms with Gasteiger partial charge in [0, 0.05) is 0 Å². The van der Waals surface area contributed by atoms with E-state index >= 15 is 0 Å². The van der Waals surface area contributed by atoms with E-state index in [2.05, 4.69) is 20.9 Å². The van der Waals surface area contributed by atoms with Crippen LogP contribution >= 0.6 is 27.3 Å². The second kappa shape index (κ2) is 12.9. The summed E-state index contributed by atoms with van der Waals surface area (Å²) in [7, 11) is 0. The van der Waals surface area contributed by atoms with E-state index < -0.39 is 12.0 Å². The Kier molecular flexibility index (Phi) is 9.09. The quantitative estimate of drug-likeness (QED) is 0.213. The van der Waals surface area contributed by atoms with Gasteiger partial charge in [0.05, 0.1) is 39.5 Å². The van der Waals surface area contributed by atoms with Crippen molar-refractivity contribution in [1.29, 1.82) is 0 Å². The van der Waals surface area contributed by atoms with E-state index in [1.165, 1.54) is 11.3 Å². The Morgan fingerprint density at radius 1 is 1.02 bits per heavy atom. The lowest BCUT2D eigenvalue weighted by Gasteiger charge is -2.24. The number of esters is 1. The summed E-state index contributed by atoms with van der Waals surface area (Å²) in [4.78, 5) is 32.3. The highest BCUT2D eigenvalue weighted by molar-refractivity contribution is 9.10. The molecule has 0 amide bonds. The molecule has 1 aliphatic heterocycles. The minimum Gasteiger partial charge on any atom is -0.490 e. The van der Waals surface area contributed by atoms with Gasteiger partial charge < -0.3 is 14.2 Å². The lowest BCUT2D eigenvalue weighted by molar-refractivity contribution is -0.139. The third-order valence-electron chi connectivity index (χ3n) is 6.77. The summed E-state index contributed by atoms with van der Waals surface area (Å²) in [6.07, 6.45) is 1.81. The highest BCUT2D eigenvalue weighted by Crippen LogP contribution is 2.38. The number of aryl methyl sites for hydroxylation is 1. The van der Waals surface area contributed by atoms with Crippen molar-refractivity contribution in [2.45, 2.75) is 40.3 Å².